The van der Waals surface area contributed by atoms with Crippen molar-refractivity contribution in [1.29, 1.82) is 0 Å². The van der Waals surface area contributed by atoms with Gasteiger partial charge in [0.15, 0.2) is 0 Å². The molecule has 28 heavy (non-hydrogen) atoms. The molecule has 1 aliphatic rings. The second-order valence-electron chi connectivity index (χ2n) is 6.47. The molecule has 1 fully saturated rings. The van der Waals surface area contributed by atoms with Crippen molar-refractivity contribution in [1.82, 2.24) is 20.0 Å². The number of aromatic nitrogens is 2. The average Bonchev–Trinajstić information content (AvgIpc) is 3.00. The van der Waals surface area contributed by atoms with E-state index in [4.69, 9.17) is 4.74 Å². The number of ether oxygens (including phenoxy) is 2. The van der Waals surface area contributed by atoms with Crippen LogP contribution in [0, 0.1) is 19.7 Å². The first-order valence-corrected chi connectivity index (χ1v) is 8.94. The number of para-hydroxylation sites is 1. The molecule has 1 aromatic carbocycles. The Labute approximate surface area is 162 Å². The second-order valence-corrected chi connectivity index (χ2v) is 6.47. The highest BCUT2D eigenvalue weighted by Crippen LogP contribution is 2.31. The maximum atomic E-state index is 14.3. The van der Waals surface area contributed by atoms with Crippen LogP contribution in [0.5, 0.6) is 0 Å². The van der Waals surface area contributed by atoms with Gasteiger partial charge >= 0.3 is 6.09 Å². The van der Waals surface area contributed by atoms with Gasteiger partial charge in [0, 0.05) is 17.8 Å². The van der Waals surface area contributed by atoms with Gasteiger partial charge in [-0.1, -0.05) is 12.1 Å². The summed E-state index contributed by atoms with van der Waals surface area (Å²) < 4.78 is 25.9. The molecule has 0 unspecified atom stereocenters. The monoisotopic (exact) mass is 390 g/mol. The molecule has 0 aliphatic carbocycles. The molecule has 150 valence electrons. The number of alkyl carbamates (subject to hydrolysis) is 1. The van der Waals surface area contributed by atoms with E-state index in [9.17, 15) is 14.0 Å². The van der Waals surface area contributed by atoms with Crippen LogP contribution in [-0.2, 0) is 14.3 Å². The van der Waals surface area contributed by atoms with E-state index >= 15 is 0 Å². The SMILES string of the molecule is COC(=O)NCC(=O)N1CCOC[C@H]1c1c(C)nn(-c2ccccc2F)c1C. The van der Waals surface area contributed by atoms with Crippen molar-refractivity contribution in [3.8, 4) is 5.69 Å². The molecule has 3 rings (SSSR count). The molecule has 0 radical (unpaired) electrons. The van der Waals surface area contributed by atoms with E-state index < -0.39 is 6.09 Å². The summed E-state index contributed by atoms with van der Waals surface area (Å²) in [7, 11) is 1.24. The number of hydrogen-bond acceptors (Lipinski definition) is 5. The van der Waals surface area contributed by atoms with E-state index in [1.807, 2.05) is 13.8 Å². The molecular formula is C19H23FN4O4. The number of benzene rings is 1. The minimum Gasteiger partial charge on any atom is -0.453 e. The Morgan fingerprint density at radius 3 is 2.82 bits per heavy atom. The van der Waals surface area contributed by atoms with Gasteiger partial charge in [0.1, 0.15) is 18.0 Å². The Morgan fingerprint density at radius 2 is 2.11 bits per heavy atom. The number of carbonyl (C=O) groups is 2. The summed E-state index contributed by atoms with van der Waals surface area (Å²) in [5.41, 5.74) is 2.58. The fourth-order valence-electron chi connectivity index (χ4n) is 3.46. The zero-order chi connectivity index (χ0) is 20.3. The molecule has 2 heterocycles. The zero-order valence-corrected chi connectivity index (χ0v) is 16.1. The van der Waals surface area contributed by atoms with Gasteiger partial charge in [0.05, 0.1) is 32.1 Å². The van der Waals surface area contributed by atoms with Gasteiger partial charge in [-0.15, -0.1) is 0 Å². The molecule has 0 spiro atoms. The van der Waals surface area contributed by atoms with Gasteiger partial charge in [-0.25, -0.2) is 13.9 Å². The lowest BCUT2D eigenvalue weighted by Gasteiger charge is -2.36. The van der Waals surface area contributed by atoms with Gasteiger partial charge in [0.2, 0.25) is 5.91 Å². The largest absolute Gasteiger partial charge is 0.453 e. The predicted molar refractivity (Wildman–Crippen MR) is 98.7 cm³/mol. The highest BCUT2D eigenvalue weighted by molar-refractivity contribution is 5.82. The molecule has 0 bridgehead atoms. The lowest BCUT2D eigenvalue weighted by atomic mass is 10.0. The van der Waals surface area contributed by atoms with Crippen LogP contribution in [0.3, 0.4) is 0 Å². The second kappa shape index (κ2) is 8.39. The Kier molecular flexibility index (Phi) is 5.93. The molecule has 2 amide bonds. The van der Waals surface area contributed by atoms with Gasteiger partial charge in [0.25, 0.3) is 0 Å². The summed E-state index contributed by atoms with van der Waals surface area (Å²) in [4.78, 5) is 25.6. The molecule has 1 aliphatic heterocycles. The third-order valence-corrected chi connectivity index (χ3v) is 4.78. The van der Waals surface area contributed by atoms with Crippen molar-refractivity contribution < 1.29 is 23.5 Å². The van der Waals surface area contributed by atoms with Crippen LogP contribution in [0.25, 0.3) is 5.69 Å². The van der Waals surface area contributed by atoms with E-state index in [1.54, 1.807) is 27.8 Å². The number of rotatable bonds is 4. The number of nitrogens with zero attached hydrogens (tertiary/aromatic N) is 3. The lowest BCUT2D eigenvalue weighted by molar-refractivity contribution is -0.139. The number of carbonyl (C=O) groups excluding carboxylic acids is 2. The molecule has 1 saturated heterocycles. The van der Waals surface area contributed by atoms with Crippen molar-refractivity contribution in [2.45, 2.75) is 19.9 Å². The summed E-state index contributed by atoms with van der Waals surface area (Å²) in [6.45, 7) is 4.57. The number of nitrogens with one attached hydrogen (secondary N) is 1. The molecule has 8 nitrogen and oxygen atoms in total. The first-order valence-electron chi connectivity index (χ1n) is 8.94. The highest BCUT2D eigenvalue weighted by Gasteiger charge is 2.33. The Morgan fingerprint density at radius 1 is 1.36 bits per heavy atom. The van der Waals surface area contributed by atoms with Crippen LogP contribution in [-0.4, -0.2) is 60.1 Å². The van der Waals surface area contributed by atoms with Crippen molar-refractivity contribution in [3.63, 3.8) is 0 Å². The van der Waals surface area contributed by atoms with Crippen LogP contribution < -0.4 is 5.32 Å². The van der Waals surface area contributed by atoms with Crippen LogP contribution in [0.2, 0.25) is 0 Å². The zero-order valence-electron chi connectivity index (χ0n) is 16.1. The van der Waals surface area contributed by atoms with E-state index in [0.29, 0.717) is 31.1 Å². The fourth-order valence-corrected chi connectivity index (χ4v) is 3.46. The topological polar surface area (TPSA) is 85.7 Å². The molecule has 1 N–H and O–H groups in total. The van der Waals surface area contributed by atoms with Crippen molar-refractivity contribution in [2.24, 2.45) is 0 Å². The molecule has 1 aromatic heterocycles. The van der Waals surface area contributed by atoms with Gasteiger partial charge in [-0.3, -0.25) is 4.79 Å². The summed E-state index contributed by atoms with van der Waals surface area (Å²) in [5.74, 6) is -0.633. The number of halogens is 1. The van der Waals surface area contributed by atoms with E-state index in [2.05, 4.69) is 15.2 Å². The third kappa shape index (κ3) is 3.84. The van der Waals surface area contributed by atoms with Crippen LogP contribution in [0.1, 0.15) is 23.0 Å². The highest BCUT2D eigenvalue weighted by atomic mass is 19.1. The minimum absolute atomic E-state index is 0.178. The average molecular weight is 390 g/mol. The fraction of sp³-hybridized carbons (Fsp3) is 0.421. The summed E-state index contributed by atoms with van der Waals surface area (Å²) in [6.07, 6.45) is -0.669. The van der Waals surface area contributed by atoms with Crippen LogP contribution >= 0.6 is 0 Å². The minimum atomic E-state index is -0.669. The molecular weight excluding hydrogens is 367 g/mol. The van der Waals surface area contributed by atoms with E-state index in [1.165, 1.54) is 13.2 Å². The molecule has 2 aromatic rings. The van der Waals surface area contributed by atoms with Crippen molar-refractivity contribution >= 4 is 12.0 Å². The van der Waals surface area contributed by atoms with Crippen LogP contribution in [0.15, 0.2) is 24.3 Å². The number of methoxy groups -OCH3 is 1. The third-order valence-electron chi connectivity index (χ3n) is 4.78. The maximum absolute atomic E-state index is 14.3. The number of hydrogen-bond donors (Lipinski definition) is 1. The Hall–Kier alpha value is -2.94. The van der Waals surface area contributed by atoms with Crippen LogP contribution in [0.4, 0.5) is 9.18 Å². The quantitative estimate of drug-likeness (QED) is 0.862. The molecule has 1 atom stereocenters. The first-order chi connectivity index (χ1) is 13.4. The van der Waals surface area contributed by atoms with Crippen molar-refractivity contribution in [3.05, 3.63) is 47.0 Å². The Bertz CT molecular complexity index is 883. The number of morpholine rings is 1. The van der Waals surface area contributed by atoms with Gasteiger partial charge in [-0.2, -0.15) is 5.10 Å². The summed E-state index contributed by atoms with van der Waals surface area (Å²) in [6, 6.07) is 6.02. The lowest BCUT2D eigenvalue weighted by Crippen LogP contribution is -2.47. The molecule has 0 saturated carbocycles. The van der Waals surface area contributed by atoms with E-state index in [0.717, 1.165) is 11.3 Å². The van der Waals surface area contributed by atoms with Crippen molar-refractivity contribution in [2.75, 3.05) is 33.4 Å². The number of amides is 2. The summed E-state index contributed by atoms with van der Waals surface area (Å²) in [5, 5.41) is 6.90. The normalized spacial score (nSPS) is 16.7. The first kappa shape index (κ1) is 19.8. The smallest absolute Gasteiger partial charge is 0.407 e. The van der Waals surface area contributed by atoms with Gasteiger partial charge < -0.3 is 19.7 Å². The maximum Gasteiger partial charge on any atom is 0.407 e. The molecule has 9 heteroatoms. The van der Waals surface area contributed by atoms with Gasteiger partial charge in [-0.05, 0) is 26.0 Å². The number of aryl methyl sites for hydroxylation is 1. The standard InChI is InChI=1S/C19H23FN4O4/c1-12-18(13(2)24(22-12)15-7-5-4-6-14(15)20)16-11-28-9-8-23(16)17(25)10-21-19(26)27-3/h4-7,16H,8-11H2,1-3H3,(H,21,26)/t16-/m0/s1. The predicted octanol–water partition coefficient (Wildman–Crippen LogP) is 1.88. The Balaban J connectivity index is 1.91. The summed E-state index contributed by atoms with van der Waals surface area (Å²) >= 11 is 0. The van der Waals surface area contributed by atoms with E-state index in [-0.39, 0.29) is 24.3 Å².